The van der Waals surface area contributed by atoms with Gasteiger partial charge in [0.25, 0.3) is 0 Å². The third-order valence-corrected chi connectivity index (χ3v) is 9.44. The van der Waals surface area contributed by atoms with Gasteiger partial charge in [0.15, 0.2) is 12.4 Å². The maximum atomic E-state index is 13.9. The molecule has 0 saturated carbocycles. The van der Waals surface area contributed by atoms with Crippen LogP contribution in [0.15, 0.2) is 24.3 Å². The van der Waals surface area contributed by atoms with Gasteiger partial charge in [0, 0.05) is 54.3 Å². The summed E-state index contributed by atoms with van der Waals surface area (Å²) in [7, 11) is 2.96. The van der Waals surface area contributed by atoms with E-state index in [4.69, 9.17) is 42.6 Å². The summed E-state index contributed by atoms with van der Waals surface area (Å²) in [6.07, 6.45) is 5.88. The van der Waals surface area contributed by atoms with E-state index in [0.29, 0.717) is 38.5 Å². The van der Waals surface area contributed by atoms with Crippen LogP contribution in [0.5, 0.6) is 0 Å². The van der Waals surface area contributed by atoms with Gasteiger partial charge in [-0.25, -0.2) is 0 Å². The lowest BCUT2D eigenvalue weighted by atomic mass is 9.84. The van der Waals surface area contributed by atoms with E-state index in [9.17, 15) is 19.2 Å². The van der Waals surface area contributed by atoms with E-state index in [-0.39, 0.29) is 12.3 Å². The largest absolute Gasteiger partial charge is 0.462 e. The van der Waals surface area contributed by atoms with Crippen LogP contribution in [0.1, 0.15) is 106 Å². The first-order valence-corrected chi connectivity index (χ1v) is 17.7. The topological polar surface area (TPSA) is 151 Å². The highest BCUT2D eigenvalue weighted by Crippen LogP contribution is 2.41. The summed E-state index contributed by atoms with van der Waals surface area (Å²) >= 11 is 0. The molecule has 0 amide bonds. The molecule has 3 aliphatic heterocycles. The fourth-order valence-corrected chi connectivity index (χ4v) is 7.19. The lowest BCUT2D eigenvalue weighted by Gasteiger charge is -2.47. The molecule has 0 radical (unpaired) electrons. The Morgan fingerprint density at radius 3 is 2.20 bits per heavy atom. The lowest BCUT2D eigenvalue weighted by molar-refractivity contribution is -0.338. The highest BCUT2D eigenvalue weighted by molar-refractivity contribution is 5.72. The van der Waals surface area contributed by atoms with Crippen molar-refractivity contribution in [3.05, 3.63) is 24.3 Å². The molecule has 3 fully saturated rings. The van der Waals surface area contributed by atoms with E-state index >= 15 is 0 Å². The van der Waals surface area contributed by atoms with Gasteiger partial charge >= 0.3 is 23.9 Å². The van der Waals surface area contributed by atoms with Crippen LogP contribution in [-0.4, -0.2) is 98.5 Å². The number of esters is 4. The Morgan fingerprint density at radius 1 is 0.900 bits per heavy atom. The maximum Gasteiger partial charge on any atom is 0.313 e. The molecule has 3 saturated heterocycles. The van der Waals surface area contributed by atoms with Crippen LogP contribution >= 0.6 is 0 Å². The van der Waals surface area contributed by atoms with Gasteiger partial charge in [0.1, 0.15) is 30.3 Å². The molecule has 0 aromatic heterocycles. The van der Waals surface area contributed by atoms with Crippen molar-refractivity contribution in [2.45, 2.75) is 167 Å². The smallest absolute Gasteiger partial charge is 0.313 e. The summed E-state index contributed by atoms with van der Waals surface area (Å²) in [5, 5.41) is 0. The molecular formula is C37H58O13. The van der Waals surface area contributed by atoms with Crippen LogP contribution in [0.25, 0.3) is 0 Å². The molecule has 0 N–H and O–H groups in total. The van der Waals surface area contributed by atoms with Crippen molar-refractivity contribution in [1.29, 1.82) is 0 Å². The van der Waals surface area contributed by atoms with Crippen LogP contribution in [0.2, 0.25) is 0 Å². The Hall–Kier alpha value is -2.84. The third-order valence-electron chi connectivity index (χ3n) is 9.44. The molecule has 0 aromatic carbocycles. The van der Waals surface area contributed by atoms with Gasteiger partial charge in [-0.3, -0.25) is 19.2 Å². The number of cyclic esters (lactones) is 1. The van der Waals surface area contributed by atoms with Crippen molar-refractivity contribution in [2.24, 2.45) is 5.92 Å². The number of carbonyl (C=O) groups excluding carboxylic acids is 4. The SMILES string of the molecule is CC/C=C/C=C/CC[C@]1(C)C[C@H](OC(C)=O)[C@H](C)CC[C@H]2C[C@@H](OC3O[C@@H](C)[C@H](OC)[C@@H](OC(C)=O)[C@H]3OC)C[C@@](OC(C)=O)(CC(=O)O1)O2. The second-order valence-corrected chi connectivity index (χ2v) is 13.9. The highest BCUT2D eigenvalue weighted by Gasteiger charge is 2.52. The van der Waals surface area contributed by atoms with Crippen LogP contribution in [-0.2, 0) is 61.8 Å². The Kier molecular flexibility index (Phi) is 15.9. The number of methoxy groups -OCH3 is 2. The summed E-state index contributed by atoms with van der Waals surface area (Å²) in [5.41, 5.74) is -1.01. The van der Waals surface area contributed by atoms with E-state index in [1.165, 1.54) is 35.0 Å². The molecule has 11 atom stereocenters. The average molecular weight is 711 g/mol. The Labute approximate surface area is 296 Å². The van der Waals surface area contributed by atoms with Gasteiger partial charge in [-0.05, 0) is 51.9 Å². The molecule has 3 heterocycles. The predicted octanol–water partition coefficient (Wildman–Crippen LogP) is 5.26. The van der Waals surface area contributed by atoms with Crippen LogP contribution < -0.4 is 0 Å². The van der Waals surface area contributed by atoms with E-state index in [1.54, 1.807) is 6.92 Å². The van der Waals surface area contributed by atoms with Crippen LogP contribution in [0.3, 0.4) is 0 Å². The molecule has 284 valence electrons. The number of rotatable bonds is 12. The van der Waals surface area contributed by atoms with Crippen LogP contribution in [0, 0.1) is 5.92 Å². The van der Waals surface area contributed by atoms with Gasteiger partial charge in [0.2, 0.25) is 5.79 Å². The van der Waals surface area contributed by atoms with Gasteiger partial charge in [-0.15, -0.1) is 0 Å². The van der Waals surface area contributed by atoms with Crippen molar-refractivity contribution in [2.75, 3.05) is 14.2 Å². The van der Waals surface area contributed by atoms with Gasteiger partial charge in [0.05, 0.1) is 18.3 Å². The van der Waals surface area contributed by atoms with Gasteiger partial charge in [-0.2, -0.15) is 0 Å². The van der Waals surface area contributed by atoms with Crippen molar-refractivity contribution >= 4 is 23.9 Å². The molecule has 3 aliphatic rings. The zero-order valence-corrected chi connectivity index (χ0v) is 31.2. The first-order valence-electron chi connectivity index (χ1n) is 17.7. The fraction of sp³-hybridized carbons (Fsp3) is 0.784. The molecule has 3 rings (SSSR count). The summed E-state index contributed by atoms with van der Waals surface area (Å²) in [4.78, 5) is 50.7. The normalized spacial score (nSPS) is 37.0. The second kappa shape index (κ2) is 19.1. The number of allylic oxidation sites excluding steroid dienone is 4. The Morgan fingerprint density at radius 2 is 1.58 bits per heavy atom. The quantitative estimate of drug-likeness (QED) is 0.147. The zero-order valence-electron chi connectivity index (χ0n) is 31.2. The van der Waals surface area contributed by atoms with E-state index in [2.05, 4.69) is 6.92 Å². The average Bonchev–Trinajstić information content (AvgIpc) is 2.99. The van der Waals surface area contributed by atoms with E-state index in [0.717, 1.165) is 6.42 Å². The molecule has 2 bridgehead atoms. The maximum absolute atomic E-state index is 13.9. The molecule has 0 aromatic rings. The molecule has 50 heavy (non-hydrogen) atoms. The number of ether oxygens (including phenoxy) is 9. The lowest BCUT2D eigenvalue weighted by Crippen LogP contribution is -2.61. The minimum atomic E-state index is -1.69. The number of hydrogen-bond donors (Lipinski definition) is 0. The predicted molar refractivity (Wildman–Crippen MR) is 180 cm³/mol. The molecular weight excluding hydrogens is 652 g/mol. The van der Waals surface area contributed by atoms with Gasteiger partial charge < -0.3 is 42.6 Å². The summed E-state index contributed by atoms with van der Waals surface area (Å²) in [6, 6.07) is 0. The van der Waals surface area contributed by atoms with Crippen LogP contribution in [0.4, 0.5) is 0 Å². The first-order chi connectivity index (χ1) is 23.6. The first kappa shape index (κ1) is 41.6. The summed E-state index contributed by atoms with van der Waals surface area (Å²) < 4.78 is 54.1. The molecule has 1 unspecified atom stereocenters. The van der Waals surface area contributed by atoms with Crippen molar-refractivity contribution in [3.63, 3.8) is 0 Å². The monoisotopic (exact) mass is 710 g/mol. The summed E-state index contributed by atoms with van der Waals surface area (Å²) in [6.45, 7) is 11.6. The van der Waals surface area contributed by atoms with E-state index < -0.39 is 90.7 Å². The second-order valence-electron chi connectivity index (χ2n) is 13.9. The zero-order chi connectivity index (χ0) is 37.1. The Bertz CT molecular complexity index is 1200. The molecule has 0 aliphatic carbocycles. The van der Waals surface area contributed by atoms with Crippen molar-refractivity contribution in [1.82, 2.24) is 0 Å². The molecule has 13 heteroatoms. The van der Waals surface area contributed by atoms with Crippen molar-refractivity contribution < 1.29 is 61.8 Å². The Balaban J connectivity index is 1.95. The minimum absolute atomic E-state index is 0.00361. The summed E-state index contributed by atoms with van der Waals surface area (Å²) in [5.74, 6) is -4.00. The van der Waals surface area contributed by atoms with Gasteiger partial charge in [-0.1, -0.05) is 38.2 Å². The number of hydrogen-bond acceptors (Lipinski definition) is 13. The van der Waals surface area contributed by atoms with E-state index in [1.807, 2.05) is 38.2 Å². The third kappa shape index (κ3) is 12.1. The van der Waals surface area contributed by atoms with Crippen molar-refractivity contribution in [3.8, 4) is 0 Å². The number of carbonyl (C=O) groups is 4. The molecule has 13 nitrogen and oxygen atoms in total. The molecule has 0 spiro atoms. The number of fused-ring (bicyclic) bond motifs is 2. The highest BCUT2D eigenvalue weighted by atomic mass is 16.7. The minimum Gasteiger partial charge on any atom is -0.462 e. The fourth-order valence-electron chi connectivity index (χ4n) is 7.19. The standard InChI is InChI=1S/C37H58O13/c1-10-11-12-13-14-15-18-36(7)21-30(45-25(4)38)23(2)16-17-28-19-29(20-37(49-28,48-27(6)40)22-31(41)50-36)47-35-34(43-9)33(46-26(5)39)32(42-8)24(3)44-35/h11-14,23-24,28-30,32-35H,10,15-22H2,1-9H3/b12-11+,14-13+/t23-,24+,28+,29-,30+,32+,33-,34-,35?,36-,37+/m1/s1.